The van der Waals surface area contributed by atoms with Crippen molar-refractivity contribution in [2.24, 2.45) is 0 Å². The minimum Gasteiger partial charge on any atom is -0.439 e. The van der Waals surface area contributed by atoms with Gasteiger partial charge in [0.05, 0.1) is 0 Å². The maximum absolute atomic E-state index is 13.5. The third-order valence-corrected chi connectivity index (χ3v) is 7.16. The first-order chi connectivity index (χ1) is 17.1. The molecule has 1 saturated carbocycles. The summed E-state index contributed by atoms with van der Waals surface area (Å²) in [4.78, 5) is 11.5. The zero-order valence-electron chi connectivity index (χ0n) is 19.7. The topological polar surface area (TPSA) is 62.3 Å². The molecule has 1 aliphatic carbocycles. The highest BCUT2D eigenvalue weighted by Gasteiger charge is 2.35. The molecule has 1 aromatic heterocycles. The van der Waals surface area contributed by atoms with Gasteiger partial charge in [-0.1, -0.05) is 43.2 Å². The number of hydrogen-bond acceptors (Lipinski definition) is 5. The number of nitrogens with zero attached hydrogens (tertiary/aromatic N) is 3. The summed E-state index contributed by atoms with van der Waals surface area (Å²) in [7, 11) is 0. The lowest BCUT2D eigenvalue weighted by Gasteiger charge is -2.30. The van der Waals surface area contributed by atoms with Gasteiger partial charge in [-0.05, 0) is 67.7 Å². The van der Waals surface area contributed by atoms with Gasteiger partial charge in [-0.3, -0.25) is 0 Å². The molecule has 3 aromatic rings. The van der Waals surface area contributed by atoms with E-state index < -0.39 is 0 Å². The average molecular weight is 492 g/mol. The van der Waals surface area contributed by atoms with E-state index in [1.54, 1.807) is 0 Å². The van der Waals surface area contributed by atoms with E-state index >= 15 is 0 Å². The molecule has 0 bridgehead atoms. The van der Waals surface area contributed by atoms with Gasteiger partial charge in [-0.25, -0.2) is 4.39 Å². The Bertz CT molecular complexity index is 1150. The molecule has 0 spiro atoms. The Morgan fingerprint density at radius 3 is 2.40 bits per heavy atom. The van der Waals surface area contributed by atoms with Crippen molar-refractivity contribution in [3.63, 3.8) is 0 Å². The maximum Gasteiger partial charge on any atom is 0.234 e. The summed E-state index contributed by atoms with van der Waals surface area (Å²) in [5.41, 5.74) is 1.09. The molecule has 2 fully saturated rings. The standard InChI is InChI=1S/C27H30FN5OS/c28-21-12-10-20(11-13-21)27(14-4-5-15-27)19-29-26(35)32-25-30-23(33-16-6-7-17-33)18-24(31-25)34-22-8-2-1-3-9-22/h1-3,8-13,18H,4-7,14-17,19H2,(H2,29,30,31,32,35). The predicted octanol–water partition coefficient (Wildman–Crippen LogP) is 5.81. The minimum absolute atomic E-state index is 0.0563. The smallest absolute Gasteiger partial charge is 0.234 e. The molecular formula is C27H30FN5OS. The Balaban J connectivity index is 1.30. The number of ether oxygens (including phenoxy) is 1. The lowest BCUT2D eigenvalue weighted by Crippen LogP contribution is -2.41. The molecule has 0 radical (unpaired) electrons. The number of benzene rings is 2. The van der Waals surface area contributed by atoms with Crippen LogP contribution in [0.4, 0.5) is 16.2 Å². The van der Waals surface area contributed by atoms with Crippen molar-refractivity contribution >= 4 is 29.1 Å². The Labute approximate surface area is 210 Å². The monoisotopic (exact) mass is 491 g/mol. The number of hydrogen-bond donors (Lipinski definition) is 2. The van der Waals surface area contributed by atoms with E-state index in [0.29, 0.717) is 29.2 Å². The van der Waals surface area contributed by atoms with Crippen LogP contribution in [0.3, 0.4) is 0 Å². The Hall–Kier alpha value is -3.26. The quantitative estimate of drug-likeness (QED) is 0.405. The molecule has 6 nitrogen and oxygen atoms in total. The van der Waals surface area contributed by atoms with Crippen molar-refractivity contribution in [3.05, 3.63) is 72.0 Å². The molecule has 1 saturated heterocycles. The fraction of sp³-hybridized carbons (Fsp3) is 0.370. The number of rotatable bonds is 7. The van der Waals surface area contributed by atoms with Crippen LogP contribution in [0.15, 0.2) is 60.7 Å². The van der Waals surface area contributed by atoms with Crippen LogP contribution in [-0.4, -0.2) is 34.7 Å². The first-order valence-electron chi connectivity index (χ1n) is 12.3. The van der Waals surface area contributed by atoms with E-state index in [-0.39, 0.29) is 11.2 Å². The highest BCUT2D eigenvalue weighted by atomic mass is 32.1. The summed E-state index contributed by atoms with van der Waals surface area (Å²) in [6.07, 6.45) is 6.69. The fourth-order valence-corrected chi connectivity index (χ4v) is 5.22. The number of halogens is 1. The Morgan fingerprint density at radius 2 is 1.69 bits per heavy atom. The second-order valence-electron chi connectivity index (χ2n) is 9.30. The lowest BCUT2D eigenvalue weighted by molar-refractivity contribution is 0.434. The van der Waals surface area contributed by atoms with Crippen molar-refractivity contribution in [2.75, 3.05) is 29.9 Å². The van der Waals surface area contributed by atoms with Crippen LogP contribution in [0.5, 0.6) is 11.6 Å². The number of anilines is 2. The molecule has 8 heteroatoms. The summed E-state index contributed by atoms with van der Waals surface area (Å²) in [5.74, 6) is 2.20. The fourth-order valence-electron chi connectivity index (χ4n) is 5.06. The highest BCUT2D eigenvalue weighted by Crippen LogP contribution is 2.40. The first-order valence-corrected chi connectivity index (χ1v) is 12.7. The van der Waals surface area contributed by atoms with Crippen LogP contribution < -0.4 is 20.3 Å². The van der Waals surface area contributed by atoms with Crippen molar-refractivity contribution < 1.29 is 9.13 Å². The van der Waals surface area contributed by atoms with Crippen LogP contribution in [0.1, 0.15) is 44.1 Å². The first kappa shape index (κ1) is 23.5. The summed E-state index contributed by atoms with van der Waals surface area (Å²) < 4.78 is 19.5. The number of aromatic nitrogens is 2. The predicted molar refractivity (Wildman–Crippen MR) is 141 cm³/mol. The second-order valence-corrected chi connectivity index (χ2v) is 9.71. The van der Waals surface area contributed by atoms with E-state index in [9.17, 15) is 4.39 Å². The molecule has 2 aromatic carbocycles. The molecule has 2 heterocycles. The Morgan fingerprint density at radius 1 is 0.971 bits per heavy atom. The molecule has 0 unspecified atom stereocenters. The molecule has 5 rings (SSSR count). The lowest BCUT2D eigenvalue weighted by atomic mass is 9.79. The third-order valence-electron chi connectivity index (χ3n) is 6.91. The van der Waals surface area contributed by atoms with Crippen molar-refractivity contribution in [1.29, 1.82) is 0 Å². The third kappa shape index (κ3) is 5.70. The normalized spacial score (nSPS) is 16.8. The molecule has 0 amide bonds. The van der Waals surface area contributed by atoms with Gasteiger partial charge in [0.25, 0.3) is 0 Å². The average Bonchev–Trinajstić information content (AvgIpc) is 3.57. The highest BCUT2D eigenvalue weighted by molar-refractivity contribution is 7.80. The van der Waals surface area contributed by atoms with Crippen LogP contribution in [0.2, 0.25) is 0 Å². The molecule has 182 valence electrons. The molecule has 0 atom stereocenters. The molecular weight excluding hydrogens is 461 g/mol. The summed E-state index contributed by atoms with van der Waals surface area (Å²) in [6, 6.07) is 18.3. The summed E-state index contributed by atoms with van der Waals surface area (Å²) >= 11 is 5.63. The summed E-state index contributed by atoms with van der Waals surface area (Å²) in [5, 5.41) is 7.00. The largest absolute Gasteiger partial charge is 0.439 e. The van der Waals surface area contributed by atoms with Crippen molar-refractivity contribution in [1.82, 2.24) is 15.3 Å². The van der Waals surface area contributed by atoms with Gasteiger partial charge >= 0.3 is 0 Å². The number of thiocarbonyl (C=S) groups is 1. The molecule has 35 heavy (non-hydrogen) atoms. The van der Waals surface area contributed by atoms with Crippen LogP contribution >= 0.6 is 12.2 Å². The van der Waals surface area contributed by atoms with Gasteiger partial charge < -0.3 is 20.3 Å². The van der Waals surface area contributed by atoms with Crippen LogP contribution in [-0.2, 0) is 5.41 Å². The molecule has 2 aliphatic rings. The van der Waals surface area contributed by atoms with Crippen LogP contribution in [0.25, 0.3) is 0 Å². The zero-order valence-corrected chi connectivity index (χ0v) is 20.5. The van der Waals surface area contributed by atoms with E-state index in [1.807, 2.05) is 48.5 Å². The molecule has 1 aliphatic heterocycles. The van der Waals surface area contributed by atoms with E-state index in [4.69, 9.17) is 21.9 Å². The van der Waals surface area contributed by atoms with Crippen molar-refractivity contribution in [3.8, 4) is 11.6 Å². The van der Waals surface area contributed by atoms with E-state index in [0.717, 1.165) is 63.0 Å². The minimum atomic E-state index is -0.212. The van der Waals surface area contributed by atoms with E-state index in [2.05, 4.69) is 20.5 Å². The van der Waals surface area contributed by atoms with Crippen molar-refractivity contribution in [2.45, 2.75) is 43.9 Å². The van der Waals surface area contributed by atoms with Gasteiger partial charge in [-0.2, -0.15) is 9.97 Å². The van der Waals surface area contributed by atoms with E-state index in [1.165, 1.54) is 12.1 Å². The summed E-state index contributed by atoms with van der Waals surface area (Å²) in [6.45, 7) is 2.60. The number of nitrogens with one attached hydrogen (secondary N) is 2. The van der Waals surface area contributed by atoms with Gasteiger partial charge in [0.1, 0.15) is 17.4 Å². The van der Waals surface area contributed by atoms with Gasteiger partial charge in [0.2, 0.25) is 11.8 Å². The SMILES string of the molecule is Fc1ccc(C2(CNC(=S)Nc3nc(Oc4ccccc4)cc(N4CCCC4)n3)CCCC2)cc1. The maximum atomic E-state index is 13.5. The van der Waals surface area contributed by atoms with Gasteiger partial charge in [-0.15, -0.1) is 0 Å². The van der Waals surface area contributed by atoms with Crippen LogP contribution in [0, 0.1) is 5.82 Å². The number of para-hydroxylation sites is 1. The second kappa shape index (κ2) is 10.6. The zero-order chi connectivity index (χ0) is 24.1. The Kier molecular flexibility index (Phi) is 7.08. The van der Waals surface area contributed by atoms with Gasteiger partial charge in [0.15, 0.2) is 5.11 Å². The molecule has 2 N–H and O–H groups in total. The van der Waals surface area contributed by atoms with Gasteiger partial charge in [0, 0.05) is 31.1 Å².